The van der Waals surface area contributed by atoms with Gasteiger partial charge in [-0.05, 0) is 29.3 Å². The number of carbonyl (C=O) groups is 2. The molecule has 0 saturated carbocycles. The molecule has 0 heterocycles. The summed E-state index contributed by atoms with van der Waals surface area (Å²) in [6.07, 6.45) is 3.40. The molecule has 0 aromatic heterocycles. The fourth-order valence-corrected chi connectivity index (χ4v) is 2.28. The Bertz CT molecular complexity index is 711. The second-order valence-electron chi connectivity index (χ2n) is 5.16. The van der Waals surface area contributed by atoms with Gasteiger partial charge in [-0.2, -0.15) is 0 Å². The number of amides is 1. The highest BCUT2D eigenvalue weighted by Crippen LogP contribution is 2.10. The Morgan fingerprint density at radius 3 is 2.42 bits per heavy atom. The van der Waals surface area contributed by atoms with Crippen LogP contribution in [0.1, 0.15) is 11.1 Å². The highest BCUT2D eigenvalue weighted by Gasteiger charge is 2.20. The van der Waals surface area contributed by atoms with Crippen LogP contribution in [0.15, 0.2) is 60.7 Å². The average molecular weight is 344 g/mol. The number of nitrogens with one attached hydrogen (secondary N) is 1. The van der Waals surface area contributed by atoms with Crippen molar-refractivity contribution >= 4 is 29.6 Å². The Labute approximate surface area is 146 Å². The maximum absolute atomic E-state index is 12.1. The molecule has 0 radical (unpaired) electrons. The van der Waals surface area contributed by atoms with Crippen LogP contribution in [-0.2, 0) is 20.7 Å². The number of carbonyl (C=O) groups excluding carboxylic acids is 2. The maximum Gasteiger partial charge on any atom is 0.328 e. The highest BCUT2D eigenvalue weighted by atomic mass is 35.5. The van der Waals surface area contributed by atoms with Crippen LogP contribution < -0.4 is 5.32 Å². The molecule has 0 aliphatic heterocycles. The maximum atomic E-state index is 12.1. The topological polar surface area (TPSA) is 55.4 Å². The number of hydrogen-bond acceptors (Lipinski definition) is 3. The second-order valence-corrected chi connectivity index (χ2v) is 5.60. The Kier molecular flexibility index (Phi) is 6.58. The van der Waals surface area contributed by atoms with Crippen molar-refractivity contribution in [2.45, 2.75) is 12.5 Å². The van der Waals surface area contributed by atoms with Crippen LogP contribution in [0.5, 0.6) is 0 Å². The number of halogens is 1. The summed E-state index contributed by atoms with van der Waals surface area (Å²) in [5.41, 5.74) is 1.78. The third kappa shape index (κ3) is 5.56. The lowest BCUT2D eigenvalue weighted by Crippen LogP contribution is -2.42. The molecule has 1 atom stereocenters. The van der Waals surface area contributed by atoms with Crippen molar-refractivity contribution in [3.63, 3.8) is 0 Å². The van der Waals surface area contributed by atoms with E-state index >= 15 is 0 Å². The first-order valence-corrected chi connectivity index (χ1v) is 7.82. The van der Waals surface area contributed by atoms with E-state index in [9.17, 15) is 9.59 Å². The van der Waals surface area contributed by atoms with Gasteiger partial charge >= 0.3 is 5.97 Å². The average Bonchev–Trinajstić information content (AvgIpc) is 2.61. The van der Waals surface area contributed by atoms with Crippen molar-refractivity contribution in [1.82, 2.24) is 5.32 Å². The lowest BCUT2D eigenvalue weighted by atomic mass is 10.1. The van der Waals surface area contributed by atoms with Crippen molar-refractivity contribution in [3.8, 4) is 0 Å². The van der Waals surface area contributed by atoms with E-state index in [1.165, 1.54) is 13.2 Å². The lowest BCUT2D eigenvalue weighted by molar-refractivity contribution is -0.144. The van der Waals surface area contributed by atoms with E-state index in [-0.39, 0.29) is 5.91 Å². The first kappa shape index (κ1) is 17.8. The summed E-state index contributed by atoms with van der Waals surface area (Å²) in [5.74, 6) is -0.844. The van der Waals surface area contributed by atoms with Crippen molar-refractivity contribution in [3.05, 3.63) is 76.8 Å². The first-order chi connectivity index (χ1) is 11.6. The summed E-state index contributed by atoms with van der Waals surface area (Å²) in [5, 5.41) is 3.30. The summed E-state index contributed by atoms with van der Waals surface area (Å²) in [6, 6.07) is 15.8. The lowest BCUT2D eigenvalue weighted by Gasteiger charge is -2.15. The van der Waals surface area contributed by atoms with Crippen LogP contribution in [0.4, 0.5) is 0 Å². The Morgan fingerprint density at radius 2 is 1.79 bits per heavy atom. The van der Waals surface area contributed by atoms with Crippen LogP contribution in [-0.4, -0.2) is 25.0 Å². The summed E-state index contributed by atoms with van der Waals surface area (Å²) in [6.45, 7) is 0. The SMILES string of the molecule is COC(=O)[C@H](Cc1ccccc1)NC(=O)/C=C/c1ccc(Cl)cc1. The zero-order valence-corrected chi connectivity index (χ0v) is 14.0. The van der Waals surface area contributed by atoms with Crippen LogP contribution >= 0.6 is 11.6 Å². The summed E-state index contributed by atoms with van der Waals surface area (Å²) < 4.78 is 4.77. The largest absolute Gasteiger partial charge is 0.467 e. The molecule has 124 valence electrons. The Hall–Kier alpha value is -2.59. The van der Waals surface area contributed by atoms with Gasteiger partial charge in [-0.1, -0.05) is 54.1 Å². The molecule has 1 N–H and O–H groups in total. The third-order valence-electron chi connectivity index (χ3n) is 3.38. The van der Waals surface area contributed by atoms with Gasteiger partial charge in [0.05, 0.1) is 7.11 Å². The Morgan fingerprint density at radius 1 is 1.12 bits per heavy atom. The van der Waals surface area contributed by atoms with E-state index in [4.69, 9.17) is 16.3 Å². The minimum absolute atomic E-state index is 0.365. The normalized spacial score (nSPS) is 11.9. The molecule has 1 amide bonds. The predicted octanol–water partition coefficient (Wildman–Crippen LogP) is 3.25. The molecule has 24 heavy (non-hydrogen) atoms. The molecule has 0 aliphatic rings. The minimum Gasteiger partial charge on any atom is -0.467 e. The molecular formula is C19H18ClNO3. The van der Waals surface area contributed by atoms with Crippen molar-refractivity contribution < 1.29 is 14.3 Å². The molecule has 5 heteroatoms. The molecule has 2 aromatic carbocycles. The number of ether oxygens (including phenoxy) is 1. The van der Waals surface area contributed by atoms with Crippen LogP contribution in [0.2, 0.25) is 5.02 Å². The molecule has 0 saturated heterocycles. The quantitative estimate of drug-likeness (QED) is 0.647. The number of esters is 1. The molecular weight excluding hydrogens is 326 g/mol. The fourth-order valence-electron chi connectivity index (χ4n) is 2.15. The number of benzene rings is 2. The molecule has 0 spiro atoms. The van der Waals surface area contributed by atoms with E-state index in [0.717, 1.165) is 11.1 Å². The van der Waals surface area contributed by atoms with E-state index < -0.39 is 12.0 Å². The van der Waals surface area contributed by atoms with Crippen molar-refractivity contribution in [2.24, 2.45) is 0 Å². The van der Waals surface area contributed by atoms with Crippen LogP contribution in [0, 0.1) is 0 Å². The zero-order valence-electron chi connectivity index (χ0n) is 13.2. The molecule has 0 fully saturated rings. The van der Waals surface area contributed by atoms with Gasteiger partial charge in [0.2, 0.25) is 5.91 Å². The molecule has 0 aliphatic carbocycles. The van der Waals surface area contributed by atoms with Gasteiger partial charge in [-0.3, -0.25) is 4.79 Å². The van der Waals surface area contributed by atoms with Crippen LogP contribution in [0.25, 0.3) is 6.08 Å². The third-order valence-corrected chi connectivity index (χ3v) is 3.63. The van der Waals surface area contributed by atoms with Gasteiger partial charge in [-0.15, -0.1) is 0 Å². The number of rotatable bonds is 6. The van der Waals surface area contributed by atoms with Gasteiger partial charge in [0.1, 0.15) is 6.04 Å². The van der Waals surface area contributed by atoms with Crippen molar-refractivity contribution in [2.75, 3.05) is 7.11 Å². The van der Waals surface area contributed by atoms with Gasteiger partial charge in [0.25, 0.3) is 0 Å². The van der Waals surface area contributed by atoms with E-state index in [1.807, 2.05) is 30.3 Å². The zero-order chi connectivity index (χ0) is 17.4. The smallest absolute Gasteiger partial charge is 0.328 e. The van der Waals surface area contributed by atoms with Gasteiger partial charge < -0.3 is 10.1 Å². The van der Waals surface area contributed by atoms with E-state index in [2.05, 4.69) is 5.32 Å². The van der Waals surface area contributed by atoms with Gasteiger partial charge in [-0.25, -0.2) is 4.79 Å². The molecule has 2 rings (SSSR count). The van der Waals surface area contributed by atoms with E-state index in [0.29, 0.717) is 11.4 Å². The minimum atomic E-state index is -0.736. The van der Waals surface area contributed by atoms with E-state index in [1.54, 1.807) is 30.3 Å². The van der Waals surface area contributed by atoms with Crippen molar-refractivity contribution in [1.29, 1.82) is 0 Å². The molecule has 2 aromatic rings. The second kappa shape index (κ2) is 8.89. The summed E-state index contributed by atoms with van der Waals surface area (Å²) in [4.78, 5) is 24.0. The monoisotopic (exact) mass is 343 g/mol. The number of methoxy groups -OCH3 is 1. The molecule has 0 unspecified atom stereocenters. The number of hydrogen-bond donors (Lipinski definition) is 1. The molecule has 4 nitrogen and oxygen atoms in total. The van der Waals surface area contributed by atoms with Crippen LogP contribution in [0.3, 0.4) is 0 Å². The predicted molar refractivity (Wildman–Crippen MR) is 94.6 cm³/mol. The first-order valence-electron chi connectivity index (χ1n) is 7.44. The van der Waals surface area contributed by atoms with Gasteiger partial charge in [0.15, 0.2) is 0 Å². The standard InChI is InChI=1S/C19H18ClNO3/c1-24-19(23)17(13-15-5-3-2-4-6-15)21-18(22)12-9-14-7-10-16(20)11-8-14/h2-12,17H,13H2,1H3,(H,21,22)/b12-9+/t17-/m0/s1. The summed E-state index contributed by atoms with van der Waals surface area (Å²) >= 11 is 5.82. The summed E-state index contributed by atoms with van der Waals surface area (Å²) in [7, 11) is 1.30. The molecule has 0 bridgehead atoms. The van der Waals surface area contributed by atoms with Gasteiger partial charge in [0, 0.05) is 17.5 Å². The highest BCUT2D eigenvalue weighted by molar-refractivity contribution is 6.30. The fraction of sp³-hybridized carbons (Fsp3) is 0.158. The Balaban J connectivity index is 2.01.